The van der Waals surface area contributed by atoms with Gasteiger partial charge in [-0.2, -0.15) is 0 Å². The lowest BCUT2D eigenvalue weighted by molar-refractivity contribution is -0.122. The first-order valence-electron chi connectivity index (χ1n) is 4.30. The first kappa shape index (κ1) is 13.6. The molecule has 5 N–H and O–H groups in total. The Hall–Kier alpha value is -0.420. The Morgan fingerprint density at radius 2 is 2.00 bits per heavy atom. The van der Waals surface area contributed by atoms with Crippen molar-refractivity contribution in [3.05, 3.63) is 0 Å². The van der Waals surface area contributed by atoms with Crippen LogP contribution in [0.25, 0.3) is 0 Å². The molecule has 14 heavy (non-hydrogen) atoms. The summed E-state index contributed by atoms with van der Waals surface area (Å²) in [5.74, 6) is -0.257. The van der Waals surface area contributed by atoms with E-state index in [1.54, 1.807) is 0 Å². The van der Waals surface area contributed by atoms with Crippen LogP contribution in [0, 0.1) is 5.92 Å². The predicted molar refractivity (Wildman–Crippen MR) is 52.5 cm³/mol. The van der Waals surface area contributed by atoms with E-state index in [2.05, 4.69) is 5.32 Å². The summed E-state index contributed by atoms with van der Waals surface area (Å²) < 4.78 is 10.4. The van der Waals surface area contributed by atoms with Crippen molar-refractivity contribution in [3.8, 4) is 0 Å². The fourth-order valence-electron chi connectivity index (χ4n) is 0.927. The second kappa shape index (κ2) is 5.46. The van der Waals surface area contributed by atoms with Crippen molar-refractivity contribution < 1.29 is 19.1 Å². The van der Waals surface area contributed by atoms with Crippen LogP contribution in [0.4, 0.5) is 0 Å². The summed E-state index contributed by atoms with van der Waals surface area (Å²) in [5, 5.41) is 2.10. The average molecular weight is 224 g/mol. The van der Waals surface area contributed by atoms with E-state index in [4.69, 9.17) is 15.5 Å². The summed E-state index contributed by atoms with van der Waals surface area (Å²) in [6.45, 7) is 3.83. The van der Waals surface area contributed by atoms with Crippen LogP contribution in [0.15, 0.2) is 0 Å². The third-order valence-corrected chi connectivity index (χ3v) is 2.09. The van der Waals surface area contributed by atoms with E-state index in [-0.39, 0.29) is 5.92 Å². The molecule has 0 aromatic rings. The fraction of sp³-hybridized carbons (Fsp3) is 0.857. The lowest BCUT2D eigenvalue weighted by Gasteiger charge is -2.14. The molecule has 0 aromatic heterocycles. The second-order valence-electron chi connectivity index (χ2n) is 3.60. The predicted octanol–water partition coefficient (Wildman–Crippen LogP) is -0.389. The summed E-state index contributed by atoms with van der Waals surface area (Å²) in [4.78, 5) is 28.1. The lowest BCUT2D eigenvalue weighted by atomic mass is 10.0. The number of nitrogens with one attached hydrogen (secondary N) is 1. The van der Waals surface area contributed by atoms with Crippen molar-refractivity contribution in [2.24, 2.45) is 11.7 Å². The van der Waals surface area contributed by atoms with E-state index in [1.807, 2.05) is 13.8 Å². The molecule has 0 saturated carbocycles. The van der Waals surface area contributed by atoms with Crippen LogP contribution >= 0.6 is 7.60 Å². The van der Waals surface area contributed by atoms with Gasteiger partial charge in [0, 0.05) is 0 Å². The quantitative estimate of drug-likeness (QED) is 0.475. The van der Waals surface area contributed by atoms with Crippen molar-refractivity contribution in [2.45, 2.75) is 26.3 Å². The summed E-state index contributed by atoms with van der Waals surface area (Å²) in [6.07, 6.45) is -0.162. The van der Waals surface area contributed by atoms with E-state index in [1.165, 1.54) is 0 Å². The normalized spacial score (nSPS) is 14.1. The van der Waals surface area contributed by atoms with Crippen LogP contribution in [-0.4, -0.2) is 28.0 Å². The van der Waals surface area contributed by atoms with Gasteiger partial charge >= 0.3 is 7.60 Å². The Morgan fingerprint density at radius 3 is 2.36 bits per heavy atom. The SMILES string of the molecule is CC(C)C[C@H](N)C(=O)NCP(=O)(O)O. The summed E-state index contributed by atoms with van der Waals surface area (Å²) in [6, 6.07) is -0.707. The van der Waals surface area contributed by atoms with E-state index in [9.17, 15) is 9.36 Å². The van der Waals surface area contributed by atoms with Crippen molar-refractivity contribution in [3.63, 3.8) is 0 Å². The Labute approximate surface area is 83.0 Å². The molecule has 0 unspecified atom stereocenters. The summed E-state index contributed by atoms with van der Waals surface area (Å²) >= 11 is 0. The number of hydrogen-bond acceptors (Lipinski definition) is 3. The Bertz CT molecular complexity index is 238. The molecule has 0 aromatic carbocycles. The van der Waals surface area contributed by atoms with Gasteiger partial charge in [-0.1, -0.05) is 13.8 Å². The number of amides is 1. The Morgan fingerprint density at radius 1 is 1.50 bits per heavy atom. The van der Waals surface area contributed by atoms with Crippen LogP contribution in [-0.2, 0) is 9.36 Å². The topological polar surface area (TPSA) is 113 Å². The van der Waals surface area contributed by atoms with Crippen molar-refractivity contribution in [1.29, 1.82) is 0 Å². The Kier molecular flexibility index (Phi) is 5.29. The van der Waals surface area contributed by atoms with Gasteiger partial charge < -0.3 is 20.8 Å². The molecular formula is C7H17N2O4P. The molecule has 0 radical (unpaired) electrons. The molecule has 0 spiro atoms. The van der Waals surface area contributed by atoms with E-state index < -0.39 is 25.8 Å². The molecule has 0 heterocycles. The standard InChI is InChI=1S/C7H17N2O4P/c1-5(2)3-6(8)7(10)9-4-14(11,12)13/h5-6H,3-4,8H2,1-2H3,(H,9,10)(H2,11,12,13)/t6-/m0/s1. The third kappa shape index (κ3) is 7.03. The lowest BCUT2D eigenvalue weighted by Crippen LogP contribution is -2.41. The number of hydrogen-bond donors (Lipinski definition) is 4. The van der Waals surface area contributed by atoms with Gasteiger partial charge in [0.05, 0.1) is 6.04 Å². The molecule has 0 saturated heterocycles. The molecular weight excluding hydrogens is 207 g/mol. The van der Waals surface area contributed by atoms with Gasteiger partial charge in [-0.25, -0.2) is 0 Å². The van der Waals surface area contributed by atoms with E-state index >= 15 is 0 Å². The molecule has 84 valence electrons. The van der Waals surface area contributed by atoms with Gasteiger partial charge in [0.2, 0.25) is 5.91 Å². The summed E-state index contributed by atoms with van der Waals surface area (Å²) in [5.41, 5.74) is 5.48. The number of carbonyl (C=O) groups is 1. The third-order valence-electron chi connectivity index (χ3n) is 1.52. The maximum absolute atomic E-state index is 11.1. The maximum Gasteiger partial charge on any atom is 0.344 e. The van der Waals surface area contributed by atoms with Gasteiger partial charge in [-0.15, -0.1) is 0 Å². The molecule has 0 fully saturated rings. The van der Waals surface area contributed by atoms with Gasteiger partial charge in [-0.05, 0) is 12.3 Å². The average Bonchev–Trinajstić information content (AvgIpc) is 1.97. The van der Waals surface area contributed by atoms with Gasteiger partial charge in [-0.3, -0.25) is 9.36 Å². The zero-order chi connectivity index (χ0) is 11.4. The van der Waals surface area contributed by atoms with Crippen LogP contribution < -0.4 is 11.1 Å². The van der Waals surface area contributed by atoms with Crippen molar-refractivity contribution in [1.82, 2.24) is 5.32 Å². The zero-order valence-corrected chi connectivity index (χ0v) is 9.20. The second-order valence-corrected chi connectivity index (χ2v) is 5.25. The van der Waals surface area contributed by atoms with Crippen LogP contribution in [0.3, 0.4) is 0 Å². The smallest absolute Gasteiger partial charge is 0.343 e. The fourth-order valence-corrected chi connectivity index (χ4v) is 1.29. The summed E-state index contributed by atoms with van der Waals surface area (Å²) in [7, 11) is -4.18. The Balaban J connectivity index is 3.91. The van der Waals surface area contributed by atoms with E-state index in [0.717, 1.165) is 0 Å². The van der Waals surface area contributed by atoms with Gasteiger partial charge in [0.25, 0.3) is 0 Å². The van der Waals surface area contributed by atoms with Crippen LogP contribution in [0.5, 0.6) is 0 Å². The van der Waals surface area contributed by atoms with Crippen molar-refractivity contribution >= 4 is 13.5 Å². The number of nitrogens with two attached hydrogens (primary N) is 1. The highest BCUT2D eigenvalue weighted by Gasteiger charge is 2.19. The molecule has 0 aliphatic heterocycles. The molecule has 0 bridgehead atoms. The first-order valence-corrected chi connectivity index (χ1v) is 6.10. The minimum Gasteiger partial charge on any atom is -0.343 e. The molecule has 7 heteroatoms. The van der Waals surface area contributed by atoms with E-state index in [0.29, 0.717) is 6.42 Å². The monoisotopic (exact) mass is 224 g/mol. The zero-order valence-electron chi connectivity index (χ0n) is 8.30. The molecule has 0 aliphatic rings. The van der Waals surface area contributed by atoms with Crippen LogP contribution in [0.1, 0.15) is 20.3 Å². The minimum absolute atomic E-state index is 0.269. The maximum atomic E-state index is 11.1. The minimum atomic E-state index is -4.18. The molecule has 0 rings (SSSR count). The highest BCUT2D eigenvalue weighted by atomic mass is 31.2. The largest absolute Gasteiger partial charge is 0.344 e. The van der Waals surface area contributed by atoms with Gasteiger partial charge in [0.1, 0.15) is 6.29 Å². The van der Waals surface area contributed by atoms with Gasteiger partial charge in [0.15, 0.2) is 0 Å². The first-order chi connectivity index (χ1) is 6.22. The number of carbonyl (C=O) groups excluding carboxylic acids is 1. The van der Waals surface area contributed by atoms with Crippen molar-refractivity contribution in [2.75, 3.05) is 6.29 Å². The highest BCUT2D eigenvalue weighted by molar-refractivity contribution is 7.51. The highest BCUT2D eigenvalue weighted by Crippen LogP contribution is 2.31. The van der Waals surface area contributed by atoms with Crippen LogP contribution in [0.2, 0.25) is 0 Å². The molecule has 0 aliphatic carbocycles. The molecule has 1 atom stereocenters. The molecule has 1 amide bonds. The molecule has 6 nitrogen and oxygen atoms in total. The number of rotatable bonds is 5.